The van der Waals surface area contributed by atoms with E-state index in [9.17, 15) is 4.39 Å². The molecule has 0 unspecified atom stereocenters. The fourth-order valence-electron chi connectivity index (χ4n) is 0.949. The summed E-state index contributed by atoms with van der Waals surface area (Å²) >= 11 is 5.85. The molecule has 72 valence electrons. The Morgan fingerprint density at radius 3 is 2.92 bits per heavy atom. The van der Waals surface area contributed by atoms with E-state index in [0.29, 0.717) is 16.5 Å². The van der Waals surface area contributed by atoms with Gasteiger partial charge in [-0.2, -0.15) is 0 Å². The summed E-state index contributed by atoms with van der Waals surface area (Å²) < 4.78 is 16.9. The molecule has 1 aromatic carbocycles. The first kappa shape index (κ1) is 10.1. The Morgan fingerprint density at radius 2 is 2.31 bits per heavy atom. The van der Waals surface area contributed by atoms with E-state index in [1.807, 2.05) is 0 Å². The van der Waals surface area contributed by atoms with Crippen molar-refractivity contribution < 1.29 is 9.13 Å². The highest BCUT2D eigenvalue weighted by Gasteiger charge is 2.00. The predicted molar refractivity (Wildman–Crippen MR) is 52.5 cm³/mol. The molecule has 0 aliphatic rings. The van der Waals surface area contributed by atoms with Gasteiger partial charge in [0.1, 0.15) is 12.4 Å². The van der Waals surface area contributed by atoms with E-state index in [1.165, 1.54) is 0 Å². The van der Waals surface area contributed by atoms with Crippen molar-refractivity contribution in [2.24, 2.45) is 0 Å². The molecular weight excluding hydrogens is 193 g/mol. The Kier molecular flexibility index (Phi) is 3.83. The second-order valence-electron chi connectivity index (χ2n) is 2.46. The van der Waals surface area contributed by atoms with Crippen LogP contribution < -0.4 is 10.1 Å². The molecule has 4 heteroatoms. The summed E-state index contributed by atoms with van der Waals surface area (Å²) in [6, 6.07) is 5.20. The first-order valence-corrected chi connectivity index (χ1v) is 4.29. The van der Waals surface area contributed by atoms with Crippen LogP contribution in [0, 0.1) is 0 Å². The number of alkyl halides is 1. The van der Waals surface area contributed by atoms with Crippen LogP contribution in [0.1, 0.15) is 0 Å². The lowest BCUT2D eigenvalue weighted by Gasteiger charge is -2.07. The van der Waals surface area contributed by atoms with Crippen molar-refractivity contribution in [1.82, 2.24) is 0 Å². The number of methoxy groups -OCH3 is 1. The van der Waals surface area contributed by atoms with Crippen molar-refractivity contribution >= 4 is 17.3 Å². The van der Waals surface area contributed by atoms with Crippen molar-refractivity contribution in [1.29, 1.82) is 0 Å². The van der Waals surface area contributed by atoms with Crippen molar-refractivity contribution in [3.63, 3.8) is 0 Å². The quantitative estimate of drug-likeness (QED) is 0.813. The number of nitrogens with one attached hydrogen (secondary N) is 1. The monoisotopic (exact) mass is 203 g/mol. The smallest absolute Gasteiger partial charge is 0.121 e. The molecule has 13 heavy (non-hydrogen) atoms. The van der Waals surface area contributed by atoms with Gasteiger partial charge < -0.3 is 10.1 Å². The maximum absolute atomic E-state index is 11.9. The van der Waals surface area contributed by atoms with Gasteiger partial charge >= 0.3 is 0 Å². The summed E-state index contributed by atoms with van der Waals surface area (Å²) in [7, 11) is 1.57. The largest absolute Gasteiger partial charge is 0.497 e. The van der Waals surface area contributed by atoms with E-state index in [-0.39, 0.29) is 6.54 Å². The summed E-state index contributed by atoms with van der Waals surface area (Å²) in [5.41, 5.74) is 0.693. The highest BCUT2D eigenvalue weighted by molar-refractivity contribution is 6.33. The van der Waals surface area contributed by atoms with Gasteiger partial charge in [0, 0.05) is 12.6 Å². The van der Waals surface area contributed by atoms with Crippen LogP contribution in [0.4, 0.5) is 10.1 Å². The van der Waals surface area contributed by atoms with Crippen LogP contribution in [0.5, 0.6) is 5.75 Å². The highest BCUT2D eigenvalue weighted by Crippen LogP contribution is 2.26. The van der Waals surface area contributed by atoms with Gasteiger partial charge in [0.2, 0.25) is 0 Å². The van der Waals surface area contributed by atoms with Gasteiger partial charge in [0.05, 0.1) is 17.8 Å². The minimum absolute atomic E-state index is 0.257. The second kappa shape index (κ2) is 4.92. The zero-order valence-electron chi connectivity index (χ0n) is 7.31. The molecule has 0 spiro atoms. The number of benzene rings is 1. The van der Waals surface area contributed by atoms with E-state index in [2.05, 4.69) is 5.32 Å². The number of hydrogen-bond donors (Lipinski definition) is 1. The molecule has 0 aromatic heterocycles. The Balaban J connectivity index is 2.78. The van der Waals surface area contributed by atoms with E-state index in [0.717, 1.165) is 0 Å². The van der Waals surface area contributed by atoms with Crippen molar-refractivity contribution in [2.45, 2.75) is 0 Å². The molecule has 0 saturated carbocycles. The number of halogens is 2. The third-order valence-electron chi connectivity index (χ3n) is 1.58. The number of rotatable bonds is 4. The zero-order valence-corrected chi connectivity index (χ0v) is 8.07. The minimum Gasteiger partial charge on any atom is -0.497 e. The molecule has 1 N–H and O–H groups in total. The number of anilines is 1. The Bertz CT molecular complexity index is 280. The van der Waals surface area contributed by atoms with E-state index in [4.69, 9.17) is 16.3 Å². The number of ether oxygens (including phenoxy) is 1. The third-order valence-corrected chi connectivity index (χ3v) is 1.91. The lowest BCUT2D eigenvalue weighted by atomic mass is 10.3. The summed E-state index contributed by atoms with van der Waals surface area (Å²) in [5, 5.41) is 3.41. The van der Waals surface area contributed by atoms with Crippen LogP contribution in [0.25, 0.3) is 0 Å². The molecule has 1 rings (SSSR count). The predicted octanol–water partition coefficient (Wildman–Crippen LogP) is 2.73. The third kappa shape index (κ3) is 2.77. The topological polar surface area (TPSA) is 21.3 Å². The van der Waals surface area contributed by atoms with Crippen LogP contribution in [0.15, 0.2) is 18.2 Å². The van der Waals surface area contributed by atoms with Crippen molar-refractivity contribution in [3.05, 3.63) is 23.2 Å². The van der Waals surface area contributed by atoms with Crippen LogP contribution in [0.3, 0.4) is 0 Å². The summed E-state index contributed by atoms with van der Waals surface area (Å²) in [5.74, 6) is 0.700. The SMILES string of the molecule is COc1ccc(Cl)c(NCCF)c1. The van der Waals surface area contributed by atoms with Gasteiger partial charge in [-0.05, 0) is 12.1 Å². The molecule has 0 aliphatic heterocycles. The van der Waals surface area contributed by atoms with Gasteiger partial charge in [-0.1, -0.05) is 11.6 Å². The fourth-order valence-corrected chi connectivity index (χ4v) is 1.13. The summed E-state index contributed by atoms with van der Waals surface area (Å²) in [6.07, 6.45) is 0. The Hall–Kier alpha value is -0.960. The molecule has 2 nitrogen and oxygen atoms in total. The van der Waals surface area contributed by atoms with E-state index in [1.54, 1.807) is 25.3 Å². The van der Waals surface area contributed by atoms with Crippen LogP contribution >= 0.6 is 11.6 Å². The minimum atomic E-state index is -0.423. The molecule has 0 amide bonds. The maximum atomic E-state index is 11.9. The summed E-state index contributed by atoms with van der Waals surface area (Å²) in [4.78, 5) is 0. The van der Waals surface area contributed by atoms with Gasteiger partial charge in [-0.3, -0.25) is 0 Å². The molecule has 0 radical (unpaired) electrons. The Morgan fingerprint density at radius 1 is 1.54 bits per heavy atom. The van der Waals surface area contributed by atoms with Crippen molar-refractivity contribution in [3.8, 4) is 5.75 Å². The first-order valence-electron chi connectivity index (χ1n) is 3.91. The van der Waals surface area contributed by atoms with Gasteiger partial charge in [-0.25, -0.2) is 4.39 Å². The molecule has 0 saturated heterocycles. The van der Waals surface area contributed by atoms with Gasteiger partial charge in [0.25, 0.3) is 0 Å². The van der Waals surface area contributed by atoms with E-state index >= 15 is 0 Å². The first-order chi connectivity index (χ1) is 6.27. The molecule has 0 fully saturated rings. The van der Waals surface area contributed by atoms with Crippen LogP contribution in [-0.2, 0) is 0 Å². The lowest BCUT2D eigenvalue weighted by Crippen LogP contribution is -2.03. The average Bonchev–Trinajstić information content (AvgIpc) is 2.17. The fraction of sp³-hybridized carbons (Fsp3) is 0.333. The molecule has 1 aromatic rings. The molecule has 0 heterocycles. The second-order valence-corrected chi connectivity index (χ2v) is 2.87. The molecule has 0 aliphatic carbocycles. The normalized spacial score (nSPS) is 9.77. The maximum Gasteiger partial charge on any atom is 0.121 e. The van der Waals surface area contributed by atoms with Crippen LogP contribution in [-0.4, -0.2) is 20.3 Å². The molecular formula is C9H11ClFNO. The highest BCUT2D eigenvalue weighted by atomic mass is 35.5. The van der Waals surface area contributed by atoms with Crippen LogP contribution in [0.2, 0.25) is 5.02 Å². The number of hydrogen-bond acceptors (Lipinski definition) is 2. The van der Waals surface area contributed by atoms with Crippen molar-refractivity contribution in [2.75, 3.05) is 25.6 Å². The van der Waals surface area contributed by atoms with Gasteiger partial charge in [-0.15, -0.1) is 0 Å². The molecule has 0 atom stereocenters. The summed E-state index contributed by atoms with van der Waals surface area (Å²) in [6.45, 7) is -0.166. The zero-order chi connectivity index (χ0) is 9.68. The standard InChI is InChI=1S/C9H11ClFNO/c1-13-7-2-3-8(10)9(6-7)12-5-4-11/h2-3,6,12H,4-5H2,1H3. The average molecular weight is 204 g/mol. The van der Waals surface area contributed by atoms with E-state index < -0.39 is 6.67 Å². The van der Waals surface area contributed by atoms with Gasteiger partial charge in [0.15, 0.2) is 0 Å². The lowest BCUT2D eigenvalue weighted by molar-refractivity contribution is 0.415. The Labute approximate surface area is 81.7 Å². The molecule has 0 bridgehead atoms.